The van der Waals surface area contributed by atoms with E-state index in [1.54, 1.807) is 30.3 Å². The molecule has 234 valence electrons. The van der Waals surface area contributed by atoms with Gasteiger partial charge in [-0.15, -0.1) is 0 Å². The van der Waals surface area contributed by atoms with E-state index in [9.17, 15) is 22.8 Å². The molecular weight excluding hydrogens is 808 g/mol. The molecule has 0 amide bonds. The number of esters is 1. The smallest absolute Gasteiger partial charge is 0.434 e. The molecular formula is C30H18Br2Cl3F3N2O4S. The molecule has 3 aromatic carbocycles. The minimum absolute atomic E-state index is 0.0858. The Morgan fingerprint density at radius 3 is 2.31 bits per heavy atom. The summed E-state index contributed by atoms with van der Waals surface area (Å²) in [5.41, 5.74) is -1.33. The van der Waals surface area contributed by atoms with E-state index < -0.39 is 35.0 Å². The zero-order chi connectivity index (χ0) is 32.6. The minimum atomic E-state index is -5.01. The van der Waals surface area contributed by atoms with E-state index in [0.29, 0.717) is 35.3 Å². The maximum absolute atomic E-state index is 14.3. The molecule has 6 nitrogen and oxygen atoms in total. The molecule has 0 saturated heterocycles. The van der Waals surface area contributed by atoms with Crippen molar-refractivity contribution in [2.45, 2.75) is 25.7 Å². The van der Waals surface area contributed by atoms with Gasteiger partial charge in [0.25, 0.3) is 5.56 Å². The van der Waals surface area contributed by atoms with Gasteiger partial charge < -0.3 is 9.47 Å². The molecule has 2 heterocycles. The molecule has 1 aliphatic heterocycles. The summed E-state index contributed by atoms with van der Waals surface area (Å²) < 4.78 is 56.2. The second-order valence-corrected chi connectivity index (χ2v) is 13.4. The van der Waals surface area contributed by atoms with Crippen LogP contribution in [0.1, 0.15) is 29.7 Å². The predicted octanol–water partition coefficient (Wildman–Crippen LogP) is 8.40. The third-order valence-electron chi connectivity index (χ3n) is 6.47. The van der Waals surface area contributed by atoms with Crippen LogP contribution in [0.5, 0.6) is 5.75 Å². The second-order valence-electron chi connectivity index (χ2n) is 9.47. The van der Waals surface area contributed by atoms with Gasteiger partial charge in [-0.2, -0.15) is 13.2 Å². The van der Waals surface area contributed by atoms with Gasteiger partial charge in [0.15, 0.2) is 10.5 Å². The van der Waals surface area contributed by atoms with Crippen LogP contribution in [-0.4, -0.2) is 23.3 Å². The number of ether oxygens (including phenoxy) is 2. The Labute approximate surface area is 289 Å². The molecule has 15 heteroatoms. The van der Waals surface area contributed by atoms with E-state index in [1.165, 1.54) is 37.3 Å². The number of allylic oxidation sites excluding steroid dienone is 1. The summed E-state index contributed by atoms with van der Waals surface area (Å²) in [6.45, 7) is 1.47. The van der Waals surface area contributed by atoms with E-state index in [0.717, 1.165) is 21.5 Å². The van der Waals surface area contributed by atoms with E-state index in [1.807, 2.05) is 0 Å². The molecule has 0 unspecified atom stereocenters. The van der Waals surface area contributed by atoms with Crippen molar-refractivity contribution in [3.05, 3.63) is 126 Å². The number of carbonyl (C=O) groups is 1. The van der Waals surface area contributed by atoms with Crippen LogP contribution in [0.2, 0.25) is 15.1 Å². The molecule has 5 rings (SSSR count). The van der Waals surface area contributed by atoms with E-state index in [-0.39, 0.29) is 28.1 Å². The average molecular weight is 826 g/mol. The normalized spacial score (nSPS) is 15.1. The number of alkyl halides is 3. The molecule has 0 saturated carbocycles. The zero-order valence-corrected chi connectivity index (χ0v) is 29.0. The number of carbonyl (C=O) groups excluding carboxylic acids is 1. The second kappa shape index (κ2) is 13.6. The lowest BCUT2D eigenvalue weighted by atomic mass is 9.95. The zero-order valence-electron chi connectivity index (χ0n) is 22.7. The van der Waals surface area contributed by atoms with Crippen molar-refractivity contribution in [1.29, 1.82) is 0 Å². The van der Waals surface area contributed by atoms with Crippen LogP contribution < -0.4 is 19.6 Å². The molecule has 1 aliphatic rings. The first-order valence-electron chi connectivity index (χ1n) is 12.9. The first-order valence-corrected chi connectivity index (χ1v) is 16.4. The van der Waals surface area contributed by atoms with Crippen molar-refractivity contribution in [2.75, 3.05) is 6.61 Å². The summed E-state index contributed by atoms with van der Waals surface area (Å²) in [4.78, 5) is 30.4. The van der Waals surface area contributed by atoms with Crippen molar-refractivity contribution in [2.24, 2.45) is 4.99 Å². The van der Waals surface area contributed by atoms with Crippen LogP contribution in [0.25, 0.3) is 6.08 Å². The molecule has 0 spiro atoms. The van der Waals surface area contributed by atoms with Crippen molar-refractivity contribution in [1.82, 2.24) is 4.57 Å². The fourth-order valence-corrected chi connectivity index (χ4v) is 7.44. The Morgan fingerprint density at radius 2 is 1.71 bits per heavy atom. The largest absolute Gasteiger partial charge is 0.487 e. The van der Waals surface area contributed by atoms with Crippen molar-refractivity contribution < 1.29 is 27.4 Å². The third-order valence-corrected chi connectivity index (χ3v) is 9.62. The molecule has 0 fully saturated rings. The molecule has 1 aromatic heterocycles. The fraction of sp³-hybridized carbons (Fsp3) is 0.167. The summed E-state index contributed by atoms with van der Waals surface area (Å²) in [5, 5.41) is 1.14. The number of fused-ring (bicyclic) bond motifs is 1. The predicted molar refractivity (Wildman–Crippen MR) is 175 cm³/mol. The van der Waals surface area contributed by atoms with Crippen LogP contribution in [0.3, 0.4) is 0 Å². The van der Waals surface area contributed by atoms with Gasteiger partial charge in [-0.25, -0.2) is 9.79 Å². The number of nitrogens with zero attached hydrogens (tertiary/aromatic N) is 2. The summed E-state index contributed by atoms with van der Waals surface area (Å²) >= 11 is 25.8. The van der Waals surface area contributed by atoms with E-state index in [4.69, 9.17) is 44.3 Å². The molecule has 45 heavy (non-hydrogen) atoms. The Hall–Kier alpha value is -2.61. The number of halogens is 8. The Morgan fingerprint density at radius 1 is 1.04 bits per heavy atom. The highest BCUT2D eigenvalue weighted by Crippen LogP contribution is 2.39. The van der Waals surface area contributed by atoms with Crippen molar-refractivity contribution >= 4 is 90.0 Å². The number of hydrogen-bond acceptors (Lipinski definition) is 6. The number of benzene rings is 3. The number of thiazole rings is 1. The highest BCUT2D eigenvalue weighted by atomic mass is 79.9. The summed E-state index contributed by atoms with van der Waals surface area (Å²) in [5.74, 6) is -0.761. The van der Waals surface area contributed by atoms with Crippen LogP contribution >= 0.6 is 78.0 Å². The number of rotatable bonds is 7. The van der Waals surface area contributed by atoms with Gasteiger partial charge >= 0.3 is 12.1 Å². The van der Waals surface area contributed by atoms with Gasteiger partial charge in [-0.1, -0.05) is 64.3 Å². The molecule has 1 atom stereocenters. The monoisotopic (exact) mass is 822 g/mol. The van der Waals surface area contributed by atoms with Gasteiger partial charge in [-0.05, 0) is 97.9 Å². The van der Waals surface area contributed by atoms with E-state index >= 15 is 0 Å². The maximum Gasteiger partial charge on any atom is 0.434 e. The molecule has 0 bridgehead atoms. The maximum atomic E-state index is 14.3. The lowest BCUT2D eigenvalue weighted by Crippen LogP contribution is -2.41. The summed E-state index contributed by atoms with van der Waals surface area (Å²) in [7, 11) is 0. The van der Waals surface area contributed by atoms with E-state index in [2.05, 4.69) is 36.9 Å². The van der Waals surface area contributed by atoms with Gasteiger partial charge in [0.05, 0.1) is 41.7 Å². The lowest BCUT2D eigenvalue weighted by Gasteiger charge is -2.26. The number of aromatic nitrogens is 1. The summed E-state index contributed by atoms with van der Waals surface area (Å²) in [6.07, 6.45) is -3.49. The Kier molecular flexibility index (Phi) is 10.2. The third kappa shape index (κ3) is 7.21. The van der Waals surface area contributed by atoms with Crippen LogP contribution in [0.15, 0.2) is 84.6 Å². The average Bonchev–Trinajstić information content (AvgIpc) is 3.28. The minimum Gasteiger partial charge on any atom is -0.487 e. The highest BCUT2D eigenvalue weighted by molar-refractivity contribution is 9.11. The van der Waals surface area contributed by atoms with Crippen molar-refractivity contribution in [3.63, 3.8) is 0 Å². The quantitative estimate of drug-likeness (QED) is 0.176. The van der Waals surface area contributed by atoms with Gasteiger partial charge in [0.1, 0.15) is 12.4 Å². The van der Waals surface area contributed by atoms with Gasteiger partial charge in [-0.3, -0.25) is 9.36 Å². The molecule has 0 radical (unpaired) electrons. The van der Waals surface area contributed by atoms with Gasteiger partial charge in [0, 0.05) is 5.02 Å². The topological polar surface area (TPSA) is 69.9 Å². The Bertz CT molecular complexity index is 2010. The molecule has 0 aliphatic carbocycles. The molecule has 4 aromatic rings. The Balaban J connectivity index is 1.60. The SMILES string of the molecule is CCOC(=O)C1=C(C(F)(F)F)N=c2s/c(=C\c3cc(Br)c(OCc4ccc(Cl)c(Cl)c4)c(Br)c3)c(=O)n2[C@@H]1c1ccc(Cl)cc1. The fourth-order valence-electron chi connectivity index (χ4n) is 4.54. The summed E-state index contributed by atoms with van der Waals surface area (Å²) in [6, 6.07) is 12.9. The standard InChI is InChI=1S/C30H18Br2Cl3F3N2O4S/c1-2-43-28(42)23-24(16-4-6-17(33)7-5-16)40-27(41)22(45-29(40)39-26(23)30(36,37)38)12-15-9-18(31)25(19(32)10-15)44-13-14-3-8-20(34)21(35)11-14/h3-12,24H,2,13H2,1H3/b22-12-/t24-/m1/s1. The first kappa shape index (κ1) is 33.7. The highest BCUT2D eigenvalue weighted by Gasteiger charge is 2.45. The van der Waals surface area contributed by atoms with Crippen LogP contribution in [0, 0.1) is 0 Å². The first-order chi connectivity index (χ1) is 21.3. The van der Waals surface area contributed by atoms with Gasteiger partial charge in [0.2, 0.25) is 0 Å². The van der Waals surface area contributed by atoms with Crippen molar-refractivity contribution in [3.8, 4) is 5.75 Å². The lowest BCUT2D eigenvalue weighted by molar-refractivity contribution is -0.140. The number of hydrogen-bond donors (Lipinski definition) is 0. The molecule has 0 N–H and O–H groups in total. The van der Waals surface area contributed by atoms with Crippen LogP contribution in [-0.2, 0) is 16.1 Å². The van der Waals surface area contributed by atoms with Crippen LogP contribution in [0.4, 0.5) is 13.2 Å².